The molecule has 2 heterocycles. The standard InChI is InChI=1S/C13H23N3S.ClH/c1-13(2,3)12-15-10(9-17-12)8-16-6-4-5-11(16)7-14;/h9,11H,4-8,14H2,1-3H3;1H. The van der Waals surface area contributed by atoms with Crippen LogP contribution >= 0.6 is 23.7 Å². The lowest BCUT2D eigenvalue weighted by atomic mass is 9.98. The first-order valence-electron chi connectivity index (χ1n) is 6.39. The van der Waals surface area contributed by atoms with Crippen LogP contribution in [0.4, 0.5) is 0 Å². The van der Waals surface area contributed by atoms with Crippen molar-refractivity contribution in [3.8, 4) is 0 Å². The molecule has 1 aromatic rings. The highest BCUT2D eigenvalue weighted by Crippen LogP contribution is 2.27. The van der Waals surface area contributed by atoms with Crippen molar-refractivity contribution in [2.45, 2.75) is 51.6 Å². The quantitative estimate of drug-likeness (QED) is 0.930. The highest BCUT2D eigenvalue weighted by Gasteiger charge is 2.24. The SMILES string of the molecule is CC(C)(C)c1nc(CN2CCCC2CN)cs1.Cl. The summed E-state index contributed by atoms with van der Waals surface area (Å²) in [6.07, 6.45) is 2.52. The van der Waals surface area contributed by atoms with Crippen LogP contribution in [-0.2, 0) is 12.0 Å². The summed E-state index contributed by atoms with van der Waals surface area (Å²) >= 11 is 1.78. The lowest BCUT2D eigenvalue weighted by Crippen LogP contribution is -2.34. The molecule has 104 valence electrons. The molecule has 1 unspecified atom stereocenters. The van der Waals surface area contributed by atoms with Crippen LogP contribution in [0.5, 0.6) is 0 Å². The maximum absolute atomic E-state index is 5.79. The van der Waals surface area contributed by atoms with Crippen LogP contribution in [0.25, 0.3) is 0 Å². The molecule has 18 heavy (non-hydrogen) atoms. The van der Waals surface area contributed by atoms with Crippen LogP contribution in [0.2, 0.25) is 0 Å². The molecule has 3 nitrogen and oxygen atoms in total. The molecule has 0 amide bonds. The fraction of sp³-hybridized carbons (Fsp3) is 0.769. The predicted molar refractivity (Wildman–Crippen MR) is 80.5 cm³/mol. The lowest BCUT2D eigenvalue weighted by Gasteiger charge is -2.22. The zero-order chi connectivity index (χ0) is 12.5. The molecule has 1 fully saturated rings. The highest BCUT2D eigenvalue weighted by molar-refractivity contribution is 7.09. The van der Waals surface area contributed by atoms with Crippen molar-refractivity contribution in [2.75, 3.05) is 13.1 Å². The number of hydrogen-bond acceptors (Lipinski definition) is 4. The van der Waals surface area contributed by atoms with Crippen molar-refractivity contribution in [2.24, 2.45) is 5.73 Å². The van der Waals surface area contributed by atoms with E-state index in [0.29, 0.717) is 6.04 Å². The first-order chi connectivity index (χ1) is 8.00. The summed E-state index contributed by atoms with van der Waals surface area (Å²) in [6.45, 7) is 9.56. The molecule has 0 aromatic carbocycles. The van der Waals surface area contributed by atoms with Gasteiger partial charge in [-0.05, 0) is 19.4 Å². The number of halogens is 1. The Morgan fingerprint density at radius 3 is 2.78 bits per heavy atom. The Kier molecular flexibility index (Phi) is 5.59. The fourth-order valence-corrected chi connectivity index (χ4v) is 3.20. The van der Waals surface area contributed by atoms with Crippen LogP contribution in [0.3, 0.4) is 0 Å². The fourth-order valence-electron chi connectivity index (χ4n) is 2.30. The second-order valence-corrected chi connectivity index (χ2v) is 6.75. The van der Waals surface area contributed by atoms with Crippen molar-refractivity contribution in [1.29, 1.82) is 0 Å². The third-order valence-electron chi connectivity index (χ3n) is 3.33. The number of aromatic nitrogens is 1. The molecule has 2 N–H and O–H groups in total. The van der Waals surface area contributed by atoms with E-state index in [2.05, 4.69) is 31.1 Å². The third kappa shape index (κ3) is 3.67. The van der Waals surface area contributed by atoms with E-state index in [4.69, 9.17) is 10.7 Å². The van der Waals surface area contributed by atoms with E-state index in [1.54, 1.807) is 11.3 Å². The van der Waals surface area contributed by atoms with Gasteiger partial charge in [0.1, 0.15) is 0 Å². The van der Waals surface area contributed by atoms with Crippen molar-refractivity contribution in [3.05, 3.63) is 16.1 Å². The van der Waals surface area contributed by atoms with E-state index in [0.717, 1.165) is 13.1 Å². The van der Waals surface area contributed by atoms with Gasteiger partial charge in [-0.15, -0.1) is 23.7 Å². The van der Waals surface area contributed by atoms with Gasteiger partial charge in [-0.25, -0.2) is 4.98 Å². The molecule has 0 spiro atoms. The van der Waals surface area contributed by atoms with E-state index in [-0.39, 0.29) is 17.8 Å². The molecule has 0 saturated carbocycles. The minimum absolute atomic E-state index is 0. The number of likely N-dealkylation sites (tertiary alicyclic amines) is 1. The summed E-state index contributed by atoms with van der Waals surface area (Å²) in [7, 11) is 0. The molecule has 5 heteroatoms. The van der Waals surface area contributed by atoms with Gasteiger partial charge in [-0.3, -0.25) is 4.90 Å². The van der Waals surface area contributed by atoms with E-state index >= 15 is 0 Å². The second-order valence-electron chi connectivity index (χ2n) is 5.90. The Labute approximate surface area is 120 Å². The highest BCUT2D eigenvalue weighted by atomic mass is 35.5. The van der Waals surface area contributed by atoms with E-state index in [9.17, 15) is 0 Å². The van der Waals surface area contributed by atoms with Gasteiger partial charge >= 0.3 is 0 Å². The topological polar surface area (TPSA) is 42.2 Å². The van der Waals surface area contributed by atoms with Gasteiger partial charge in [0.2, 0.25) is 0 Å². The Bertz CT molecular complexity index is 373. The Morgan fingerprint density at radius 1 is 1.50 bits per heavy atom. The Hall–Kier alpha value is -0.160. The van der Waals surface area contributed by atoms with E-state index in [1.165, 1.54) is 30.1 Å². The van der Waals surface area contributed by atoms with Crippen LogP contribution in [0.1, 0.15) is 44.3 Å². The Balaban J connectivity index is 0.00000162. The molecule has 1 atom stereocenters. The van der Waals surface area contributed by atoms with Crippen LogP contribution in [0.15, 0.2) is 5.38 Å². The largest absolute Gasteiger partial charge is 0.329 e. The van der Waals surface area contributed by atoms with Gasteiger partial charge < -0.3 is 5.73 Å². The molecule has 2 rings (SSSR count). The number of nitrogens with zero attached hydrogens (tertiary/aromatic N) is 2. The number of rotatable bonds is 3. The third-order valence-corrected chi connectivity index (χ3v) is 4.65. The average molecular weight is 290 g/mol. The van der Waals surface area contributed by atoms with Crippen LogP contribution in [-0.4, -0.2) is 29.0 Å². The average Bonchev–Trinajstić information content (AvgIpc) is 2.86. The zero-order valence-corrected chi connectivity index (χ0v) is 13.1. The lowest BCUT2D eigenvalue weighted by molar-refractivity contribution is 0.247. The van der Waals surface area contributed by atoms with Crippen molar-refractivity contribution in [3.63, 3.8) is 0 Å². The molecule has 0 bridgehead atoms. The maximum atomic E-state index is 5.79. The molecule has 1 saturated heterocycles. The van der Waals surface area contributed by atoms with E-state index in [1.807, 2.05) is 0 Å². The number of hydrogen-bond donors (Lipinski definition) is 1. The second kappa shape index (κ2) is 6.33. The number of nitrogens with two attached hydrogens (primary N) is 1. The van der Waals surface area contributed by atoms with Crippen molar-refractivity contribution in [1.82, 2.24) is 9.88 Å². The molecular weight excluding hydrogens is 266 g/mol. The summed E-state index contributed by atoms with van der Waals surface area (Å²) in [4.78, 5) is 7.22. The minimum atomic E-state index is 0. The molecular formula is C13H24ClN3S. The van der Waals surface area contributed by atoms with Gasteiger partial charge in [0.15, 0.2) is 0 Å². The number of thiazole rings is 1. The molecule has 0 radical (unpaired) electrons. The zero-order valence-electron chi connectivity index (χ0n) is 11.5. The summed E-state index contributed by atoms with van der Waals surface area (Å²) in [5.41, 5.74) is 7.17. The summed E-state index contributed by atoms with van der Waals surface area (Å²) in [5, 5.41) is 3.43. The smallest absolute Gasteiger partial charge is 0.0982 e. The van der Waals surface area contributed by atoms with E-state index < -0.39 is 0 Å². The minimum Gasteiger partial charge on any atom is -0.329 e. The summed E-state index contributed by atoms with van der Waals surface area (Å²) in [5.74, 6) is 0. The Morgan fingerprint density at radius 2 is 2.22 bits per heavy atom. The molecule has 1 aliphatic rings. The first kappa shape index (κ1) is 15.9. The summed E-state index contributed by atoms with van der Waals surface area (Å²) < 4.78 is 0. The van der Waals surface area contributed by atoms with Gasteiger partial charge in [0.05, 0.1) is 10.7 Å². The normalized spacial score (nSPS) is 21.0. The molecule has 1 aromatic heterocycles. The first-order valence-corrected chi connectivity index (χ1v) is 7.27. The molecule has 0 aliphatic carbocycles. The summed E-state index contributed by atoms with van der Waals surface area (Å²) in [6, 6.07) is 0.565. The van der Waals surface area contributed by atoms with Crippen molar-refractivity contribution < 1.29 is 0 Å². The van der Waals surface area contributed by atoms with Gasteiger partial charge in [-0.1, -0.05) is 20.8 Å². The predicted octanol–water partition coefficient (Wildman–Crippen LogP) is 2.79. The van der Waals surface area contributed by atoms with Gasteiger partial charge in [0.25, 0.3) is 0 Å². The van der Waals surface area contributed by atoms with Gasteiger partial charge in [-0.2, -0.15) is 0 Å². The monoisotopic (exact) mass is 289 g/mol. The van der Waals surface area contributed by atoms with Crippen molar-refractivity contribution >= 4 is 23.7 Å². The van der Waals surface area contributed by atoms with Gasteiger partial charge in [0, 0.05) is 29.9 Å². The van der Waals surface area contributed by atoms with Crippen LogP contribution < -0.4 is 5.73 Å². The maximum Gasteiger partial charge on any atom is 0.0982 e. The molecule has 1 aliphatic heterocycles. The van der Waals surface area contributed by atoms with Crippen LogP contribution in [0, 0.1) is 0 Å².